The van der Waals surface area contributed by atoms with E-state index in [1.807, 2.05) is 12.1 Å². The highest BCUT2D eigenvalue weighted by Crippen LogP contribution is 2.56. The molecule has 0 amide bonds. The van der Waals surface area contributed by atoms with E-state index < -0.39 is 0 Å². The van der Waals surface area contributed by atoms with Crippen LogP contribution in [0.5, 0.6) is 5.75 Å². The lowest BCUT2D eigenvalue weighted by Gasteiger charge is -2.12. The zero-order valence-electron chi connectivity index (χ0n) is 10.4. The predicted octanol–water partition coefficient (Wildman–Crippen LogP) is 3.04. The molecule has 1 fully saturated rings. The average molecular weight is 239 g/mol. The van der Waals surface area contributed by atoms with Gasteiger partial charge in [-0.3, -0.25) is 0 Å². The first kappa shape index (κ1) is 11.3. The van der Waals surface area contributed by atoms with Crippen LogP contribution in [0.1, 0.15) is 29.0 Å². The fourth-order valence-corrected chi connectivity index (χ4v) is 2.58. The minimum Gasteiger partial charge on any atom is -0.508 e. The van der Waals surface area contributed by atoms with Gasteiger partial charge in [0, 0.05) is 11.5 Å². The molecule has 3 rings (SSSR count). The SMILES string of the molecule is Cc1ccc(C2CC2(N)c2ccc(O)cc2)cc1. The van der Waals surface area contributed by atoms with Gasteiger partial charge in [0.05, 0.1) is 0 Å². The molecule has 18 heavy (non-hydrogen) atoms. The molecule has 3 N–H and O–H groups in total. The highest BCUT2D eigenvalue weighted by Gasteiger charge is 2.52. The fourth-order valence-electron chi connectivity index (χ4n) is 2.58. The minimum atomic E-state index is -0.261. The Morgan fingerprint density at radius 1 is 1.06 bits per heavy atom. The first-order valence-electron chi connectivity index (χ1n) is 6.24. The van der Waals surface area contributed by atoms with E-state index in [1.165, 1.54) is 11.1 Å². The van der Waals surface area contributed by atoms with Crippen molar-refractivity contribution < 1.29 is 5.11 Å². The van der Waals surface area contributed by atoms with Crippen LogP contribution in [0.2, 0.25) is 0 Å². The summed E-state index contributed by atoms with van der Waals surface area (Å²) in [6.07, 6.45) is 0.973. The van der Waals surface area contributed by atoms with Crippen molar-refractivity contribution in [3.8, 4) is 5.75 Å². The van der Waals surface area contributed by atoms with Crippen LogP contribution in [0.25, 0.3) is 0 Å². The van der Waals surface area contributed by atoms with E-state index in [0.717, 1.165) is 12.0 Å². The first-order chi connectivity index (χ1) is 8.59. The van der Waals surface area contributed by atoms with Gasteiger partial charge < -0.3 is 10.8 Å². The molecule has 2 heteroatoms. The summed E-state index contributed by atoms with van der Waals surface area (Å²) in [6.45, 7) is 2.09. The Hall–Kier alpha value is -1.80. The van der Waals surface area contributed by atoms with Crippen molar-refractivity contribution in [2.24, 2.45) is 5.73 Å². The maximum atomic E-state index is 9.32. The molecular formula is C16H17NO. The Morgan fingerprint density at radius 2 is 1.67 bits per heavy atom. The van der Waals surface area contributed by atoms with E-state index in [-0.39, 0.29) is 11.3 Å². The number of aromatic hydroxyl groups is 1. The quantitative estimate of drug-likeness (QED) is 0.846. The van der Waals surface area contributed by atoms with Crippen molar-refractivity contribution in [2.45, 2.75) is 24.8 Å². The summed E-state index contributed by atoms with van der Waals surface area (Å²) in [5, 5.41) is 9.32. The zero-order valence-corrected chi connectivity index (χ0v) is 10.4. The lowest BCUT2D eigenvalue weighted by molar-refractivity contribution is 0.474. The molecule has 0 radical (unpaired) electrons. The molecule has 0 spiro atoms. The van der Waals surface area contributed by atoms with Gasteiger partial charge in [-0.2, -0.15) is 0 Å². The lowest BCUT2D eigenvalue weighted by Crippen LogP contribution is -2.21. The number of hydrogen-bond acceptors (Lipinski definition) is 2. The molecule has 1 saturated carbocycles. The van der Waals surface area contributed by atoms with Gasteiger partial charge in [0.2, 0.25) is 0 Å². The van der Waals surface area contributed by atoms with Crippen molar-refractivity contribution in [2.75, 3.05) is 0 Å². The topological polar surface area (TPSA) is 46.2 Å². The van der Waals surface area contributed by atoms with E-state index >= 15 is 0 Å². The third-order valence-corrected chi connectivity index (χ3v) is 3.89. The molecular weight excluding hydrogens is 222 g/mol. The third-order valence-electron chi connectivity index (χ3n) is 3.89. The highest BCUT2D eigenvalue weighted by molar-refractivity contribution is 5.43. The van der Waals surface area contributed by atoms with Crippen LogP contribution >= 0.6 is 0 Å². The number of rotatable bonds is 2. The molecule has 2 atom stereocenters. The van der Waals surface area contributed by atoms with Gasteiger partial charge in [0.15, 0.2) is 0 Å². The Labute approximate surface area is 107 Å². The number of aryl methyl sites for hydroxylation is 1. The van der Waals surface area contributed by atoms with Crippen LogP contribution in [0.4, 0.5) is 0 Å². The second kappa shape index (κ2) is 3.85. The zero-order chi connectivity index (χ0) is 12.8. The fraction of sp³-hybridized carbons (Fsp3) is 0.250. The van der Waals surface area contributed by atoms with Gasteiger partial charge in [-0.1, -0.05) is 42.0 Å². The van der Waals surface area contributed by atoms with E-state index in [2.05, 4.69) is 31.2 Å². The van der Waals surface area contributed by atoms with Crippen LogP contribution in [0, 0.1) is 6.92 Å². The number of nitrogens with two attached hydrogens (primary N) is 1. The summed E-state index contributed by atoms with van der Waals surface area (Å²) < 4.78 is 0. The van der Waals surface area contributed by atoms with Gasteiger partial charge in [-0.25, -0.2) is 0 Å². The van der Waals surface area contributed by atoms with Crippen LogP contribution in [-0.2, 0) is 5.54 Å². The predicted molar refractivity (Wildman–Crippen MR) is 72.5 cm³/mol. The number of benzene rings is 2. The minimum absolute atomic E-state index is 0.261. The van der Waals surface area contributed by atoms with Crippen LogP contribution in [-0.4, -0.2) is 5.11 Å². The normalized spacial score (nSPS) is 26.0. The lowest BCUT2D eigenvalue weighted by atomic mass is 9.99. The maximum Gasteiger partial charge on any atom is 0.115 e. The van der Waals surface area contributed by atoms with Crippen molar-refractivity contribution in [1.29, 1.82) is 0 Å². The van der Waals surface area contributed by atoms with Gasteiger partial charge in [0.1, 0.15) is 5.75 Å². The summed E-state index contributed by atoms with van der Waals surface area (Å²) in [5.74, 6) is 0.678. The molecule has 2 aromatic carbocycles. The van der Waals surface area contributed by atoms with Crippen molar-refractivity contribution >= 4 is 0 Å². The van der Waals surface area contributed by atoms with E-state index in [4.69, 9.17) is 5.73 Å². The smallest absolute Gasteiger partial charge is 0.115 e. The molecule has 2 nitrogen and oxygen atoms in total. The number of phenols is 1. The number of phenolic OH excluding ortho intramolecular Hbond substituents is 1. The van der Waals surface area contributed by atoms with E-state index in [0.29, 0.717) is 5.92 Å². The standard InChI is InChI=1S/C16H17NO/c1-11-2-4-12(5-3-11)15-10-16(15,17)13-6-8-14(18)9-7-13/h2-9,15,18H,10,17H2,1H3. The molecule has 0 aliphatic heterocycles. The van der Waals surface area contributed by atoms with Crippen LogP contribution in [0.3, 0.4) is 0 Å². The van der Waals surface area contributed by atoms with Gasteiger partial charge in [-0.15, -0.1) is 0 Å². The average Bonchev–Trinajstić information content (AvgIpc) is 3.04. The first-order valence-corrected chi connectivity index (χ1v) is 6.24. The molecule has 0 heterocycles. The maximum absolute atomic E-state index is 9.32. The van der Waals surface area contributed by atoms with E-state index in [9.17, 15) is 5.11 Å². The largest absolute Gasteiger partial charge is 0.508 e. The molecule has 0 saturated heterocycles. The summed E-state index contributed by atoms with van der Waals surface area (Å²) in [5.41, 5.74) is 9.86. The second-order valence-corrected chi connectivity index (χ2v) is 5.25. The molecule has 1 aliphatic carbocycles. The van der Waals surface area contributed by atoms with Crippen LogP contribution in [0.15, 0.2) is 48.5 Å². The second-order valence-electron chi connectivity index (χ2n) is 5.25. The van der Waals surface area contributed by atoms with Crippen LogP contribution < -0.4 is 5.73 Å². The van der Waals surface area contributed by atoms with Crippen molar-refractivity contribution in [3.63, 3.8) is 0 Å². The van der Waals surface area contributed by atoms with E-state index in [1.54, 1.807) is 12.1 Å². The molecule has 2 aromatic rings. The van der Waals surface area contributed by atoms with Gasteiger partial charge in [-0.05, 0) is 36.6 Å². The number of hydrogen-bond donors (Lipinski definition) is 2. The third kappa shape index (κ3) is 1.79. The summed E-state index contributed by atoms with van der Waals surface area (Å²) in [7, 11) is 0. The summed E-state index contributed by atoms with van der Waals surface area (Å²) in [4.78, 5) is 0. The molecule has 2 unspecified atom stereocenters. The molecule has 92 valence electrons. The van der Waals surface area contributed by atoms with Gasteiger partial charge >= 0.3 is 0 Å². The monoisotopic (exact) mass is 239 g/mol. The molecule has 0 aromatic heterocycles. The summed E-state index contributed by atoms with van der Waals surface area (Å²) in [6, 6.07) is 15.8. The molecule has 1 aliphatic rings. The van der Waals surface area contributed by atoms with Gasteiger partial charge in [0.25, 0.3) is 0 Å². The molecule has 0 bridgehead atoms. The Balaban J connectivity index is 1.87. The van der Waals surface area contributed by atoms with Crippen molar-refractivity contribution in [1.82, 2.24) is 0 Å². The van der Waals surface area contributed by atoms with Crippen molar-refractivity contribution in [3.05, 3.63) is 65.2 Å². The Kier molecular flexibility index (Phi) is 2.42. The Morgan fingerprint density at radius 3 is 2.28 bits per heavy atom. The summed E-state index contributed by atoms with van der Waals surface area (Å²) >= 11 is 0. The highest BCUT2D eigenvalue weighted by atomic mass is 16.3. The Bertz CT molecular complexity index is 559.